The first-order valence-corrected chi connectivity index (χ1v) is 3.11. The molecule has 0 unspecified atom stereocenters. The summed E-state index contributed by atoms with van der Waals surface area (Å²) in [5.74, 6) is 0.354. The van der Waals surface area contributed by atoms with E-state index in [2.05, 4.69) is 5.10 Å². The van der Waals surface area contributed by atoms with Gasteiger partial charge in [0.2, 0.25) is 0 Å². The van der Waals surface area contributed by atoms with Gasteiger partial charge < -0.3 is 5.11 Å². The fourth-order valence-electron chi connectivity index (χ4n) is 1.25. The highest BCUT2D eigenvalue weighted by molar-refractivity contribution is 5.24. The molecule has 48 valence electrons. The average Bonchev–Trinajstić information content (AvgIpc) is 2.35. The maximum absolute atomic E-state index is 9.09. The van der Waals surface area contributed by atoms with Crippen molar-refractivity contribution < 1.29 is 5.11 Å². The Kier molecular flexibility index (Phi) is 0.806. The Morgan fingerprint density at radius 1 is 1.67 bits per heavy atom. The first-order chi connectivity index (χ1) is 4.38. The van der Waals surface area contributed by atoms with Crippen molar-refractivity contribution in [1.29, 1.82) is 0 Å². The monoisotopic (exact) mass is 124 g/mol. The minimum absolute atomic E-state index is 0.354. The van der Waals surface area contributed by atoms with Gasteiger partial charge in [-0.2, -0.15) is 5.10 Å². The van der Waals surface area contributed by atoms with Crippen LogP contribution in [0, 0.1) is 0 Å². The van der Waals surface area contributed by atoms with E-state index in [1.807, 2.05) is 4.68 Å². The molecule has 2 rings (SSSR count). The van der Waals surface area contributed by atoms with Crippen molar-refractivity contribution in [1.82, 2.24) is 9.78 Å². The van der Waals surface area contributed by atoms with Crippen molar-refractivity contribution in [2.24, 2.45) is 0 Å². The number of hydrogen-bond acceptors (Lipinski definition) is 2. The van der Waals surface area contributed by atoms with E-state index in [9.17, 15) is 0 Å². The molecule has 2 heterocycles. The van der Waals surface area contributed by atoms with Crippen LogP contribution in [0.15, 0.2) is 6.20 Å². The Bertz CT molecular complexity index is 229. The van der Waals surface area contributed by atoms with Crippen molar-refractivity contribution in [3.63, 3.8) is 0 Å². The molecule has 0 radical (unpaired) electrons. The van der Waals surface area contributed by atoms with Crippen molar-refractivity contribution in [2.45, 2.75) is 19.4 Å². The van der Waals surface area contributed by atoms with Crippen LogP contribution in [0.3, 0.4) is 0 Å². The highest BCUT2D eigenvalue weighted by atomic mass is 16.3. The highest BCUT2D eigenvalue weighted by Gasteiger charge is 2.14. The van der Waals surface area contributed by atoms with Crippen LogP contribution < -0.4 is 0 Å². The largest absolute Gasteiger partial charge is 0.504 e. The van der Waals surface area contributed by atoms with Gasteiger partial charge in [0, 0.05) is 6.54 Å². The zero-order valence-corrected chi connectivity index (χ0v) is 5.04. The number of aromatic nitrogens is 2. The van der Waals surface area contributed by atoms with E-state index >= 15 is 0 Å². The van der Waals surface area contributed by atoms with Gasteiger partial charge in [0.05, 0.1) is 11.9 Å². The lowest BCUT2D eigenvalue weighted by Crippen LogP contribution is -1.92. The SMILES string of the molecule is Oc1cnn2c1CCC2. The molecule has 1 aliphatic heterocycles. The molecule has 0 amide bonds. The lowest BCUT2D eigenvalue weighted by molar-refractivity contribution is 0.469. The lowest BCUT2D eigenvalue weighted by Gasteiger charge is -1.89. The number of fused-ring (bicyclic) bond motifs is 1. The molecule has 3 nitrogen and oxygen atoms in total. The molecule has 0 aliphatic carbocycles. The van der Waals surface area contributed by atoms with Crippen LogP contribution in [0.4, 0.5) is 0 Å². The number of hydrogen-bond donors (Lipinski definition) is 1. The van der Waals surface area contributed by atoms with Crippen molar-refractivity contribution in [2.75, 3.05) is 0 Å². The normalized spacial score (nSPS) is 16.0. The van der Waals surface area contributed by atoms with Crippen molar-refractivity contribution >= 4 is 0 Å². The summed E-state index contributed by atoms with van der Waals surface area (Å²) >= 11 is 0. The van der Waals surface area contributed by atoms with Crippen LogP contribution in [-0.4, -0.2) is 14.9 Å². The van der Waals surface area contributed by atoms with Gasteiger partial charge in [-0.3, -0.25) is 4.68 Å². The quantitative estimate of drug-likeness (QED) is 0.548. The predicted octanol–water partition coefficient (Wildman–Crippen LogP) is 0.535. The summed E-state index contributed by atoms with van der Waals surface area (Å²) < 4.78 is 1.86. The van der Waals surface area contributed by atoms with Gasteiger partial charge in [-0.05, 0) is 12.8 Å². The summed E-state index contributed by atoms with van der Waals surface area (Å²) in [4.78, 5) is 0. The molecule has 1 aromatic heterocycles. The number of aromatic hydroxyl groups is 1. The molecule has 3 heteroatoms. The summed E-state index contributed by atoms with van der Waals surface area (Å²) in [6, 6.07) is 0. The Morgan fingerprint density at radius 2 is 2.56 bits per heavy atom. The maximum Gasteiger partial charge on any atom is 0.156 e. The smallest absolute Gasteiger partial charge is 0.156 e. The van der Waals surface area contributed by atoms with Gasteiger partial charge in [-0.15, -0.1) is 0 Å². The molecule has 1 N–H and O–H groups in total. The van der Waals surface area contributed by atoms with Crippen LogP contribution >= 0.6 is 0 Å². The second-order valence-corrected chi connectivity index (χ2v) is 2.30. The molecule has 1 aromatic rings. The number of rotatable bonds is 0. The molecule has 1 aliphatic rings. The van der Waals surface area contributed by atoms with Gasteiger partial charge in [0.1, 0.15) is 0 Å². The van der Waals surface area contributed by atoms with E-state index in [-0.39, 0.29) is 0 Å². The van der Waals surface area contributed by atoms with Crippen LogP contribution in [-0.2, 0) is 13.0 Å². The molecule has 9 heavy (non-hydrogen) atoms. The van der Waals surface area contributed by atoms with E-state index in [0.717, 1.165) is 25.1 Å². The van der Waals surface area contributed by atoms with Crippen molar-refractivity contribution in [3.8, 4) is 5.75 Å². The Hall–Kier alpha value is -0.990. The Balaban J connectivity index is 2.56. The molecule has 0 saturated heterocycles. The third-order valence-corrected chi connectivity index (χ3v) is 1.71. The third-order valence-electron chi connectivity index (χ3n) is 1.71. The van der Waals surface area contributed by atoms with Gasteiger partial charge in [-0.25, -0.2) is 0 Å². The molecular formula is C6H8N2O. The molecule has 0 atom stereocenters. The first kappa shape index (κ1) is 4.85. The zero-order valence-electron chi connectivity index (χ0n) is 5.04. The summed E-state index contributed by atoms with van der Waals surface area (Å²) in [7, 11) is 0. The number of aryl methyl sites for hydroxylation is 1. The second kappa shape index (κ2) is 1.50. The summed E-state index contributed by atoms with van der Waals surface area (Å²) in [5.41, 5.74) is 0.995. The summed E-state index contributed by atoms with van der Waals surface area (Å²) in [6.07, 6.45) is 3.61. The zero-order chi connectivity index (χ0) is 6.27. The van der Waals surface area contributed by atoms with Crippen LogP contribution in [0.5, 0.6) is 5.75 Å². The van der Waals surface area contributed by atoms with Crippen molar-refractivity contribution in [3.05, 3.63) is 11.9 Å². The van der Waals surface area contributed by atoms with Gasteiger partial charge >= 0.3 is 0 Å². The van der Waals surface area contributed by atoms with E-state index in [4.69, 9.17) is 5.11 Å². The summed E-state index contributed by atoms with van der Waals surface area (Å²) in [6.45, 7) is 0.968. The highest BCUT2D eigenvalue weighted by Crippen LogP contribution is 2.22. The first-order valence-electron chi connectivity index (χ1n) is 3.11. The maximum atomic E-state index is 9.09. The standard InChI is InChI=1S/C6H8N2O/c9-6-4-7-8-3-1-2-5(6)8/h4,9H,1-3H2. The van der Waals surface area contributed by atoms with E-state index < -0.39 is 0 Å². The topological polar surface area (TPSA) is 38.1 Å². The van der Waals surface area contributed by atoms with Gasteiger partial charge in [0.25, 0.3) is 0 Å². The average molecular weight is 124 g/mol. The minimum atomic E-state index is 0.354. The lowest BCUT2D eigenvalue weighted by atomic mass is 10.3. The second-order valence-electron chi connectivity index (χ2n) is 2.30. The molecule has 0 aromatic carbocycles. The molecule has 0 bridgehead atoms. The molecule has 0 saturated carbocycles. The molecular weight excluding hydrogens is 116 g/mol. The van der Waals surface area contributed by atoms with Crippen LogP contribution in [0.25, 0.3) is 0 Å². The molecule has 0 spiro atoms. The fourth-order valence-corrected chi connectivity index (χ4v) is 1.25. The predicted molar refractivity (Wildman–Crippen MR) is 32.2 cm³/mol. The fraction of sp³-hybridized carbons (Fsp3) is 0.500. The van der Waals surface area contributed by atoms with Crippen LogP contribution in [0.2, 0.25) is 0 Å². The number of nitrogens with zero attached hydrogens (tertiary/aromatic N) is 2. The van der Waals surface area contributed by atoms with Crippen LogP contribution in [0.1, 0.15) is 12.1 Å². The third kappa shape index (κ3) is 0.542. The Morgan fingerprint density at radius 3 is 3.33 bits per heavy atom. The Labute approximate surface area is 52.9 Å². The van der Waals surface area contributed by atoms with Gasteiger partial charge in [0.15, 0.2) is 5.75 Å². The van der Waals surface area contributed by atoms with E-state index in [1.54, 1.807) is 0 Å². The summed E-state index contributed by atoms with van der Waals surface area (Å²) in [5, 5.41) is 13.1. The van der Waals surface area contributed by atoms with Gasteiger partial charge in [-0.1, -0.05) is 0 Å². The van der Waals surface area contributed by atoms with E-state index in [0.29, 0.717) is 5.75 Å². The van der Waals surface area contributed by atoms with E-state index in [1.165, 1.54) is 6.20 Å². The minimum Gasteiger partial charge on any atom is -0.504 e. The molecule has 0 fully saturated rings.